The maximum atomic E-state index is 10.4. The predicted octanol–water partition coefficient (Wildman–Crippen LogP) is 1.47. The van der Waals surface area contributed by atoms with Gasteiger partial charge in [-0.15, -0.1) is 0 Å². The van der Waals surface area contributed by atoms with Crippen molar-refractivity contribution in [3.8, 4) is 0 Å². The minimum Gasteiger partial charge on any atom is -0.385 e. The monoisotopic (exact) mass is 193 g/mol. The topological polar surface area (TPSA) is 42.4 Å². The molecule has 2 rings (SSSR count). The maximum absolute atomic E-state index is 10.4. The van der Waals surface area contributed by atoms with Crippen LogP contribution in [0.1, 0.15) is 24.8 Å². The normalized spacial score (nSPS) is 28.4. The van der Waals surface area contributed by atoms with E-state index < -0.39 is 5.60 Å². The van der Waals surface area contributed by atoms with E-state index in [9.17, 15) is 5.11 Å². The summed E-state index contributed by atoms with van der Waals surface area (Å²) in [6.45, 7) is 1.38. The van der Waals surface area contributed by atoms with Gasteiger partial charge in [-0.1, -0.05) is 6.07 Å². The Morgan fingerprint density at radius 1 is 1.36 bits per heavy atom. The molecule has 1 aliphatic heterocycles. The van der Waals surface area contributed by atoms with Crippen LogP contribution >= 0.6 is 0 Å². The summed E-state index contributed by atoms with van der Waals surface area (Å²) in [5.41, 5.74) is 0.176. The summed E-state index contributed by atoms with van der Waals surface area (Å²) in [4.78, 5) is 4.03. The fourth-order valence-corrected chi connectivity index (χ4v) is 1.86. The van der Waals surface area contributed by atoms with E-state index in [0.29, 0.717) is 13.0 Å². The predicted molar refractivity (Wildman–Crippen MR) is 52.8 cm³/mol. The zero-order valence-corrected chi connectivity index (χ0v) is 8.15. The van der Waals surface area contributed by atoms with Gasteiger partial charge < -0.3 is 9.84 Å². The summed E-state index contributed by atoms with van der Waals surface area (Å²) in [6.07, 6.45) is 5.80. The molecule has 0 aliphatic carbocycles. The van der Waals surface area contributed by atoms with Gasteiger partial charge in [-0.2, -0.15) is 0 Å². The molecule has 0 bridgehead atoms. The van der Waals surface area contributed by atoms with Crippen LogP contribution in [0.2, 0.25) is 0 Å². The lowest BCUT2D eigenvalue weighted by Gasteiger charge is -2.25. The highest BCUT2D eigenvalue weighted by molar-refractivity contribution is 5.18. The quantitative estimate of drug-likeness (QED) is 0.734. The van der Waals surface area contributed by atoms with Crippen molar-refractivity contribution in [3.05, 3.63) is 30.1 Å². The summed E-state index contributed by atoms with van der Waals surface area (Å²) in [7, 11) is 0. The van der Waals surface area contributed by atoms with E-state index in [-0.39, 0.29) is 0 Å². The smallest absolute Gasteiger partial charge is 0.0934 e. The lowest BCUT2D eigenvalue weighted by Crippen LogP contribution is -2.25. The standard InChI is InChI=1S/C11H15NO2/c13-11(4-2-7-14-8-5-11)10-3-1-6-12-9-10/h1,3,6,9,13H,2,4-5,7-8H2. The number of ether oxygens (including phenoxy) is 1. The number of hydrogen-bond donors (Lipinski definition) is 1. The van der Waals surface area contributed by atoms with Crippen molar-refractivity contribution < 1.29 is 9.84 Å². The Morgan fingerprint density at radius 3 is 3.07 bits per heavy atom. The molecule has 1 aliphatic rings. The molecule has 1 atom stereocenters. The number of pyridine rings is 1. The van der Waals surface area contributed by atoms with Crippen LogP contribution in [-0.4, -0.2) is 23.3 Å². The van der Waals surface area contributed by atoms with Gasteiger partial charge in [0.15, 0.2) is 0 Å². The molecular formula is C11H15NO2. The van der Waals surface area contributed by atoms with Crippen LogP contribution in [0.5, 0.6) is 0 Å². The molecule has 3 nitrogen and oxygen atoms in total. The molecule has 2 heterocycles. The van der Waals surface area contributed by atoms with Gasteiger partial charge in [-0.25, -0.2) is 0 Å². The fourth-order valence-electron chi connectivity index (χ4n) is 1.86. The first kappa shape index (κ1) is 9.62. The van der Waals surface area contributed by atoms with Gasteiger partial charge in [-0.05, 0) is 18.9 Å². The van der Waals surface area contributed by atoms with Crippen LogP contribution in [-0.2, 0) is 10.3 Å². The minimum absolute atomic E-state index is 0.630. The van der Waals surface area contributed by atoms with Crippen molar-refractivity contribution in [2.75, 3.05) is 13.2 Å². The highest BCUT2D eigenvalue weighted by Gasteiger charge is 2.30. The second kappa shape index (κ2) is 4.07. The third-order valence-corrected chi connectivity index (χ3v) is 2.74. The molecule has 1 aromatic heterocycles. The molecule has 0 saturated carbocycles. The lowest BCUT2D eigenvalue weighted by molar-refractivity contribution is 0.0141. The van der Waals surface area contributed by atoms with E-state index >= 15 is 0 Å². The van der Waals surface area contributed by atoms with E-state index in [1.165, 1.54) is 0 Å². The summed E-state index contributed by atoms with van der Waals surface area (Å²) in [5, 5.41) is 10.4. The fraction of sp³-hybridized carbons (Fsp3) is 0.545. The lowest BCUT2D eigenvalue weighted by atomic mass is 9.88. The number of aliphatic hydroxyl groups is 1. The number of hydrogen-bond acceptors (Lipinski definition) is 3. The van der Waals surface area contributed by atoms with Crippen LogP contribution in [0.3, 0.4) is 0 Å². The van der Waals surface area contributed by atoms with Crippen LogP contribution < -0.4 is 0 Å². The first-order valence-corrected chi connectivity index (χ1v) is 5.02. The largest absolute Gasteiger partial charge is 0.385 e. The molecule has 1 fully saturated rings. The van der Waals surface area contributed by atoms with E-state index in [1.807, 2.05) is 12.1 Å². The van der Waals surface area contributed by atoms with Gasteiger partial charge in [0.1, 0.15) is 0 Å². The van der Waals surface area contributed by atoms with Gasteiger partial charge in [0.25, 0.3) is 0 Å². The molecular weight excluding hydrogens is 178 g/mol. The van der Waals surface area contributed by atoms with Gasteiger partial charge >= 0.3 is 0 Å². The molecule has 1 saturated heterocycles. The SMILES string of the molecule is OC1(c2cccnc2)CCCOCC1. The zero-order valence-electron chi connectivity index (χ0n) is 8.15. The summed E-state index contributed by atoms with van der Waals surface area (Å²) < 4.78 is 5.33. The summed E-state index contributed by atoms with van der Waals surface area (Å²) in [6, 6.07) is 3.79. The van der Waals surface area contributed by atoms with Crippen molar-refractivity contribution in [1.29, 1.82) is 0 Å². The van der Waals surface area contributed by atoms with Crippen LogP contribution in [0, 0.1) is 0 Å². The van der Waals surface area contributed by atoms with Crippen molar-refractivity contribution >= 4 is 0 Å². The Morgan fingerprint density at radius 2 is 2.29 bits per heavy atom. The van der Waals surface area contributed by atoms with Gasteiger partial charge in [-0.3, -0.25) is 4.98 Å². The summed E-state index contributed by atoms with van der Waals surface area (Å²) in [5.74, 6) is 0. The van der Waals surface area contributed by atoms with E-state index in [1.54, 1.807) is 12.4 Å². The van der Waals surface area contributed by atoms with Crippen LogP contribution in [0.15, 0.2) is 24.5 Å². The highest BCUT2D eigenvalue weighted by Crippen LogP contribution is 2.31. The summed E-state index contributed by atoms with van der Waals surface area (Å²) >= 11 is 0. The molecule has 0 radical (unpaired) electrons. The maximum Gasteiger partial charge on any atom is 0.0934 e. The number of aromatic nitrogens is 1. The second-order valence-electron chi connectivity index (χ2n) is 3.74. The highest BCUT2D eigenvalue weighted by atomic mass is 16.5. The number of nitrogens with zero attached hydrogens (tertiary/aromatic N) is 1. The minimum atomic E-state index is -0.731. The Labute approximate surface area is 83.7 Å². The molecule has 1 N–H and O–H groups in total. The number of rotatable bonds is 1. The Balaban J connectivity index is 2.21. The first-order valence-electron chi connectivity index (χ1n) is 5.02. The molecule has 0 aromatic carbocycles. The van der Waals surface area contributed by atoms with Gasteiger partial charge in [0.05, 0.1) is 5.60 Å². The van der Waals surface area contributed by atoms with E-state index in [2.05, 4.69) is 4.98 Å². The third-order valence-electron chi connectivity index (χ3n) is 2.74. The van der Waals surface area contributed by atoms with Gasteiger partial charge in [0.2, 0.25) is 0 Å². The average Bonchev–Trinajstić information content (AvgIpc) is 2.46. The Bertz CT molecular complexity index is 279. The van der Waals surface area contributed by atoms with Crippen molar-refractivity contribution in [2.24, 2.45) is 0 Å². The molecule has 1 unspecified atom stereocenters. The van der Waals surface area contributed by atoms with Crippen molar-refractivity contribution in [2.45, 2.75) is 24.9 Å². The van der Waals surface area contributed by atoms with Crippen molar-refractivity contribution in [1.82, 2.24) is 4.98 Å². The molecule has 14 heavy (non-hydrogen) atoms. The molecule has 3 heteroatoms. The Hall–Kier alpha value is -0.930. The van der Waals surface area contributed by atoms with E-state index in [4.69, 9.17) is 4.74 Å². The third kappa shape index (κ3) is 1.94. The zero-order chi connectivity index (χ0) is 9.86. The molecule has 0 spiro atoms. The molecule has 1 aromatic rings. The Kier molecular flexibility index (Phi) is 2.79. The molecule has 76 valence electrons. The van der Waals surface area contributed by atoms with Crippen molar-refractivity contribution in [3.63, 3.8) is 0 Å². The first-order chi connectivity index (χ1) is 6.81. The second-order valence-corrected chi connectivity index (χ2v) is 3.74. The average molecular weight is 193 g/mol. The van der Waals surface area contributed by atoms with Crippen LogP contribution in [0.4, 0.5) is 0 Å². The molecule has 0 amide bonds. The van der Waals surface area contributed by atoms with E-state index in [0.717, 1.165) is 25.0 Å². The van der Waals surface area contributed by atoms with Gasteiger partial charge in [0, 0.05) is 37.6 Å². The van der Waals surface area contributed by atoms with Crippen LogP contribution in [0.25, 0.3) is 0 Å².